The third kappa shape index (κ3) is 1.91. The van der Waals surface area contributed by atoms with E-state index in [1.165, 1.54) is 42.4 Å². The Morgan fingerprint density at radius 2 is 1.62 bits per heavy atom. The van der Waals surface area contributed by atoms with E-state index in [4.69, 9.17) is 0 Å². The highest BCUT2D eigenvalue weighted by Crippen LogP contribution is 2.84. The zero-order valence-corrected chi connectivity index (χ0v) is 16.3. The lowest BCUT2D eigenvalue weighted by atomic mass is 9.37. The summed E-state index contributed by atoms with van der Waals surface area (Å²) in [6, 6.07) is 18.5. The predicted molar refractivity (Wildman–Crippen MR) is 114 cm³/mol. The van der Waals surface area contributed by atoms with Crippen molar-refractivity contribution in [3.8, 4) is 16.9 Å². The average molecular weight is 380 g/mol. The van der Waals surface area contributed by atoms with Gasteiger partial charge in [0.25, 0.3) is 0 Å². The number of hydrogen-bond acceptors (Lipinski definition) is 2. The molecule has 6 atom stereocenters. The number of phenols is 1. The van der Waals surface area contributed by atoms with Gasteiger partial charge in [0.15, 0.2) is 0 Å². The molecular weight excluding hydrogens is 356 g/mol. The fraction of sp³-hybridized carbons (Fsp3) is 0.370. The maximum absolute atomic E-state index is 11.0. The van der Waals surface area contributed by atoms with E-state index in [2.05, 4.69) is 24.3 Å². The summed E-state index contributed by atoms with van der Waals surface area (Å²) < 4.78 is 0. The van der Waals surface area contributed by atoms with Gasteiger partial charge in [0.2, 0.25) is 0 Å². The van der Waals surface area contributed by atoms with Crippen molar-refractivity contribution in [2.45, 2.75) is 31.6 Å². The number of aldehydes is 1. The molecular formula is C27H24O2. The van der Waals surface area contributed by atoms with E-state index >= 15 is 0 Å². The van der Waals surface area contributed by atoms with Crippen LogP contribution in [0, 0.1) is 29.1 Å². The number of phenolic OH excluding ortho intramolecular Hbond substituents is 1. The lowest BCUT2D eigenvalue weighted by molar-refractivity contribution is -0.181. The van der Waals surface area contributed by atoms with Crippen molar-refractivity contribution in [1.29, 1.82) is 0 Å². The van der Waals surface area contributed by atoms with Crippen molar-refractivity contribution in [2.75, 3.05) is 0 Å². The standard InChI is InChI=1S/C27H24O2/c28-14-15-1-2-17-8-18(4-3-16(17)7-15)19-5-6-25(29)23(10-19)26-20-9-21-11-22-12-24(26)27(21,22)13-20/h1-8,10,14,20-22,24,26,29H,9,11-13H2. The average Bonchev–Trinajstić information content (AvgIpc) is 3.24. The number of hydrogen-bond donors (Lipinski definition) is 1. The molecule has 4 aliphatic carbocycles. The van der Waals surface area contributed by atoms with Crippen molar-refractivity contribution in [3.63, 3.8) is 0 Å². The molecule has 3 aromatic rings. The quantitative estimate of drug-likeness (QED) is 0.551. The first-order valence-electron chi connectivity index (χ1n) is 11.0. The first kappa shape index (κ1) is 16.2. The normalized spacial score (nSPS) is 35.8. The Balaban J connectivity index is 1.29. The van der Waals surface area contributed by atoms with Crippen molar-refractivity contribution < 1.29 is 9.90 Å². The van der Waals surface area contributed by atoms with Crippen LogP contribution in [0.1, 0.15) is 47.5 Å². The van der Waals surface area contributed by atoms with Crippen LogP contribution in [0.5, 0.6) is 5.75 Å². The molecule has 0 saturated heterocycles. The summed E-state index contributed by atoms with van der Waals surface area (Å²) in [6.07, 6.45) is 6.56. The molecule has 4 aliphatic rings. The highest BCUT2D eigenvalue weighted by Gasteiger charge is 2.76. The summed E-state index contributed by atoms with van der Waals surface area (Å²) >= 11 is 0. The molecule has 144 valence electrons. The topological polar surface area (TPSA) is 37.3 Å². The summed E-state index contributed by atoms with van der Waals surface area (Å²) in [5.74, 6) is 4.61. The molecule has 4 fully saturated rings. The molecule has 1 spiro atoms. The summed E-state index contributed by atoms with van der Waals surface area (Å²) in [7, 11) is 0. The van der Waals surface area contributed by atoms with E-state index in [-0.39, 0.29) is 0 Å². The number of fused-ring (bicyclic) bond motifs is 2. The van der Waals surface area contributed by atoms with Gasteiger partial charge in [0.1, 0.15) is 12.0 Å². The number of rotatable bonds is 3. The van der Waals surface area contributed by atoms with Gasteiger partial charge in [-0.05, 0) is 112 Å². The lowest BCUT2D eigenvalue weighted by Crippen LogP contribution is -2.60. The fourth-order valence-corrected chi connectivity index (χ4v) is 8.02. The van der Waals surface area contributed by atoms with E-state index < -0.39 is 0 Å². The maximum atomic E-state index is 11.0. The second kappa shape index (κ2) is 5.30. The van der Waals surface area contributed by atoms with E-state index in [0.717, 1.165) is 40.7 Å². The van der Waals surface area contributed by atoms with Crippen LogP contribution in [-0.4, -0.2) is 11.4 Å². The molecule has 3 aromatic carbocycles. The molecule has 0 aromatic heterocycles. The summed E-state index contributed by atoms with van der Waals surface area (Å²) in [4.78, 5) is 11.0. The van der Waals surface area contributed by atoms with E-state index in [9.17, 15) is 9.90 Å². The fourth-order valence-electron chi connectivity index (χ4n) is 8.02. The lowest BCUT2D eigenvalue weighted by Gasteiger charge is -2.68. The molecule has 6 unspecified atom stereocenters. The van der Waals surface area contributed by atoms with Gasteiger partial charge >= 0.3 is 0 Å². The molecule has 1 N–H and O–H groups in total. The summed E-state index contributed by atoms with van der Waals surface area (Å²) in [6.45, 7) is 0. The minimum atomic E-state index is 0.485. The van der Waals surface area contributed by atoms with Crippen LogP contribution >= 0.6 is 0 Å². The van der Waals surface area contributed by atoms with Crippen molar-refractivity contribution in [1.82, 2.24) is 0 Å². The second-order valence-corrected chi connectivity index (χ2v) is 10.0. The highest BCUT2D eigenvalue weighted by molar-refractivity contribution is 5.91. The SMILES string of the molecule is O=Cc1ccc2cc(-c3ccc(O)c(C4C5CC6CC7CC4C67C5)c3)ccc2c1. The van der Waals surface area contributed by atoms with E-state index in [0.29, 0.717) is 22.6 Å². The Labute approximate surface area is 170 Å². The highest BCUT2D eigenvalue weighted by atomic mass is 16.3. The van der Waals surface area contributed by atoms with Crippen molar-refractivity contribution in [2.24, 2.45) is 29.1 Å². The summed E-state index contributed by atoms with van der Waals surface area (Å²) in [5, 5.41) is 13.0. The Morgan fingerprint density at radius 3 is 2.45 bits per heavy atom. The Bertz CT molecular complexity index is 1190. The molecule has 0 heterocycles. The largest absolute Gasteiger partial charge is 0.508 e. The van der Waals surface area contributed by atoms with Gasteiger partial charge in [0.05, 0.1) is 0 Å². The number of aromatic hydroxyl groups is 1. The summed E-state index contributed by atoms with van der Waals surface area (Å²) in [5.41, 5.74) is 4.92. The van der Waals surface area contributed by atoms with Crippen LogP contribution in [0.2, 0.25) is 0 Å². The van der Waals surface area contributed by atoms with Gasteiger partial charge in [0, 0.05) is 5.56 Å². The second-order valence-electron chi connectivity index (χ2n) is 10.0. The Morgan fingerprint density at radius 1 is 0.862 bits per heavy atom. The monoisotopic (exact) mass is 380 g/mol. The van der Waals surface area contributed by atoms with Gasteiger partial charge in [-0.1, -0.05) is 30.3 Å². The van der Waals surface area contributed by atoms with Gasteiger partial charge < -0.3 is 5.11 Å². The van der Waals surface area contributed by atoms with Crippen LogP contribution in [0.15, 0.2) is 54.6 Å². The minimum absolute atomic E-state index is 0.485. The zero-order valence-electron chi connectivity index (χ0n) is 16.3. The number of benzene rings is 3. The van der Waals surface area contributed by atoms with Crippen LogP contribution in [0.25, 0.3) is 21.9 Å². The third-order valence-corrected chi connectivity index (χ3v) is 9.18. The molecule has 7 rings (SSSR count). The molecule has 4 saturated carbocycles. The van der Waals surface area contributed by atoms with Gasteiger partial charge in [-0.3, -0.25) is 4.79 Å². The first-order chi connectivity index (χ1) is 14.2. The molecule has 29 heavy (non-hydrogen) atoms. The van der Waals surface area contributed by atoms with Gasteiger partial charge in [-0.15, -0.1) is 0 Å². The van der Waals surface area contributed by atoms with Gasteiger partial charge in [-0.25, -0.2) is 0 Å². The molecule has 2 nitrogen and oxygen atoms in total. The van der Waals surface area contributed by atoms with E-state index in [1.54, 1.807) is 0 Å². The molecule has 2 heteroatoms. The molecule has 2 bridgehead atoms. The van der Waals surface area contributed by atoms with Crippen LogP contribution in [-0.2, 0) is 0 Å². The molecule has 0 radical (unpaired) electrons. The molecule has 0 amide bonds. The Kier molecular flexibility index (Phi) is 2.96. The smallest absolute Gasteiger partial charge is 0.150 e. The van der Waals surface area contributed by atoms with Crippen LogP contribution < -0.4 is 0 Å². The van der Waals surface area contributed by atoms with Crippen LogP contribution in [0.4, 0.5) is 0 Å². The minimum Gasteiger partial charge on any atom is -0.508 e. The van der Waals surface area contributed by atoms with Crippen molar-refractivity contribution >= 4 is 17.1 Å². The Hall–Kier alpha value is -2.61. The molecule has 0 aliphatic heterocycles. The van der Waals surface area contributed by atoms with Gasteiger partial charge in [-0.2, -0.15) is 0 Å². The third-order valence-electron chi connectivity index (χ3n) is 9.18. The van der Waals surface area contributed by atoms with E-state index in [1.807, 2.05) is 30.3 Å². The van der Waals surface area contributed by atoms with Crippen LogP contribution in [0.3, 0.4) is 0 Å². The number of carbonyl (C=O) groups excluding carboxylic acids is 1. The predicted octanol–water partition coefficient (Wildman–Crippen LogP) is 6.17. The van der Waals surface area contributed by atoms with Crippen molar-refractivity contribution in [3.05, 3.63) is 65.7 Å². The first-order valence-corrected chi connectivity index (χ1v) is 11.0. The zero-order chi connectivity index (χ0) is 19.3. The number of carbonyl (C=O) groups is 1. The maximum Gasteiger partial charge on any atom is 0.150 e.